The smallest absolute Gasteiger partial charge is 0.250 e. The molecule has 1 aromatic heterocycles. The molecule has 6 nitrogen and oxygen atoms in total. The van der Waals surface area contributed by atoms with E-state index >= 15 is 0 Å². The molecule has 1 atom stereocenters. The predicted molar refractivity (Wildman–Crippen MR) is 106 cm³/mol. The number of nitrogens with zero attached hydrogens (tertiary/aromatic N) is 3. The van der Waals surface area contributed by atoms with Crippen LogP contribution in [0.5, 0.6) is 0 Å². The topological polar surface area (TPSA) is 71.8 Å². The Labute approximate surface area is 157 Å². The van der Waals surface area contributed by atoms with Crippen LogP contribution in [-0.4, -0.2) is 20.7 Å². The van der Waals surface area contributed by atoms with Crippen LogP contribution in [0.1, 0.15) is 23.6 Å². The van der Waals surface area contributed by atoms with Crippen molar-refractivity contribution in [2.45, 2.75) is 12.5 Å². The van der Waals surface area contributed by atoms with E-state index in [1.54, 1.807) is 10.8 Å². The monoisotopic (exact) mass is 357 g/mol. The maximum Gasteiger partial charge on any atom is 0.250 e. The highest BCUT2D eigenvalue weighted by Crippen LogP contribution is 2.32. The first-order valence-electron chi connectivity index (χ1n) is 8.69. The van der Waals surface area contributed by atoms with Crippen molar-refractivity contribution in [3.8, 4) is 0 Å². The molecule has 0 bridgehead atoms. The van der Waals surface area contributed by atoms with E-state index in [2.05, 4.69) is 39.4 Å². The Morgan fingerprint density at radius 1 is 1.15 bits per heavy atom. The highest BCUT2D eigenvalue weighted by molar-refractivity contribution is 6.00. The number of rotatable bonds is 4. The minimum atomic E-state index is -0.281. The molecule has 6 heteroatoms. The minimum absolute atomic E-state index is 0.00652. The Morgan fingerprint density at radius 3 is 2.59 bits per heavy atom. The lowest BCUT2D eigenvalue weighted by atomic mass is 10.0. The van der Waals surface area contributed by atoms with E-state index in [4.69, 9.17) is 0 Å². The van der Waals surface area contributed by atoms with Gasteiger partial charge in [0.15, 0.2) is 0 Å². The van der Waals surface area contributed by atoms with Crippen LogP contribution >= 0.6 is 0 Å². The first-order chi connectivity index (χ1) is 13.2. The Balaban J connectivity index is 1.53. The summed E-state index contributed by atoms with van der Waals surface area (Å²) in [4.78, 5) is 16.6. The first-order valence-corrected chi connectivity index (χ1v) is 8.69. The van der Waals surface area contributed by atoms with E-state index in [0.29, 0.717) is 12.4 Å². The lowest BCUT2D eigenvalue weighted by Gasteiger charge is -2.26. The zero-order valence-electron chi connectivity index (χ0n) is 14.7. The molecule has 2 N–H and O–H groups in total. The lowest BCUT2D eigenvalue weighted by molar-refractivity contribution is -0.111. The second kappa shape index (κ2) is 7.29. The molecule has 0 saturated heterocycles. The third-order valence-corrected chi connectivity index (χ3v) is 4.30. The van der Waals surface area contributed by atoms with E-state index in [0.717, 1.165) is 16.8 Å². The van der Waals surface area contributed by atoms with Gasteiger partial charge in [-0.2, -0.15) is 4.98 Å². The van der Waals surface area contributed by atoms with Crippen LogP contribution in [0, 0.1) is 0 Å². The van der Waals surface area contributed by atoms with Gasteiger partial charge < -0.3 is 5.32 Å². The van der Waals surface area contributed by atoms with Gasteiger partial charge >= 0.3 is 0 Å². The number of nitrogens with one attached hydrogen (secondary N) is 2. The van der Waals surface area contributed by atoms with Gasteiger partial charge in [0.1, 0.15) is 0 Å². The van der Waals surface area contributed by atoms with Crippen molar-refractivity contribution < 1.29 is 4.79 Å². The molecule has 0 aliphatic carbocycles. The van der Waals surface area contributed by atoms with E-state index < -0.39 is 0 Å². The summed E-state index contributed by atoms with van der Waals surface area (Å²) < 4.78 is 1.79. The molecule has 2 aromatic carbocycles. The molecule has 0 fully saturated rings. The molecular formula is C21H19N5O. The SMILES string of the molecule is C=C1C[C@H](c2ccccc2)n2nc(NC(=O)/C=C/c3ccccc3)nc2N1. The molecular weight excluding hydrogens is 338 g/mol. The highest BCUT2D eigenvalue weighted by Gasteiger charge is 2.26. The van der Waals surface area contributed by atoms with Crippen LogP contribution in [0.2, 0.25) is 0 Å². The quantitative estimate of drug-likeness (QED) is 0.696. The molecule has 0 radical (unpaired) electrons. The van der Waals surface area contributed by atoms with E-state index in [9.17, 15) is 4.79 Å². The minimum Gasteiger partial charge on any atom is -0.329 e. The maximum absolute atomic E-state index is 12.2. The maximum atomic E-state index is 12.2. The van der Waals surface area contributed by atoms with Gasteiger partial charge in [-0.3, -0.25) is 10.1 Å². The second-order valence-corrected chi connectivity index (χ2v) is 6.30. The van der Waals surface area contributed by atoms with Crippen LogP contribution in [0.15, 0.2) is 79.0 Å². The van der Waals surface area contributed by atoms with Crippen molar-refractivity contribution in [1.29, 1.82) is 0 Å². The Morgan fingerprint density at radius 2 is 1.85 bits per heavy atom. The molecule has 0 spiro atoms. The molecule has 3 aromatic rings. The van der Waals surface area contributed by atoms with Gasteiger partial charge in [-0.1, -0.05) is 67.2 Å². The largest absolute Gasteiger partial charge is 0.329 e. The Kier molecular flexibility index (Phi) is 4.53. The molecule has 134 valence electrons. The van der Waals surface area contributed by atoms with Crippen molar-refractivity contribution in [3.63, 3.8) is 0 Å². The average molecular weight is 357 g/mol. The van der Waals surface area contributed by atoms with Gasteiger partial charge in [0, 0.05) is 18.2 Å². The summed E-state index contributed by atoms with van der Waals surface area (Å²) in [6.45, 7) is 4.03. The van der Waals surface area contributed by atoms with E-state index in [1.165, 1.54) is 6.08 Å². The predicted octanol–water partition coefficient (Wildman–Crippen LogP) is 3.85. The fourth-order valence-electron chi connectivity index (χ4n) is 3.03. The number of carbonyl (C=O) groups is 1. The highest BCUT2D eigenvalue weighted by atomic mass is 16.1. The first kappa shape index (κ1) is 16.8. The Bertz CT molecular complexity index is 992. The summed E-state index contributed by atoms with van der Waals surface area (Å²) in [5.41, 5.74) is 2.94. The molecule has 1 aliphatic heterocycles. The number of anilines is 2. The van der Waals surface area contributed by atoms with Gasteiger partial charge in [0.25, 0.3) is 11.9 Å². The van der Waals surface area contributed by atoms with Gasteiger partial charge in [0.2, 0.25) is 5.95 Å². The van der Waals surface area contributed by atoms with Crippen molar-refractivity contribution in [2.75, 3.05) is 10.6 Å². The third-order valence-electron chi connectivity index (χ3n) is 4.30. The number of allylic oxidation sites excluding steroid dienone is 1. The van der Waals surface area contributed by atoms with E-state index in [-0.39, 0.29) is 17.9 Å². The van der Waals surface area contributed by atoms with Crippen LogP contribution in [-0.2, 0) is 4.79 Å². The number of amides is 1. The standard InChI is InChI=1S/C21H19N5O/c1-15-14-18(17-10-6-3-7-11-17)26-21(22-15)24-20(25-26)23-19(27)13-12-16-8-4-2-5-9-16/h2-13,18H,1,14H2,(H2,22,23,24,25,27)/b13-12+/t18-/m1/s1. The number of hydrogen-bond donors (Lipinski definition) is 2. The molecule has 1 aliphatic rings. The summed E-state index contributed by atoms with van der Waals surface area (Å²) in [6.07, 6.45) is 3.93. The summed E-state index contributed by atoms with van der Waals surface area (Å²) >= 11 is 0. The van der Waals surface area contributed by atoms with Crippen LogP contribution in [0.25, 0.3) is 6.08 Å². The zero-order valence-corrected chi connectivity index (χ0v) is 14.7. The average Bonchev–Trinajstić information content (AvgIpc) is 3.09. The number of benzene rings is 2. The fourth-order valence-corrected chi connectivity index (χ4v) is 3.03. The van der Waals surface area contributed by atoms with Gasteiger partial charge in [0.05, 0.1) is 6.04 Å². The summed E-state index contributed by atoms with van der Waals surface area (Å²) in [5, 5.41) is 10.3. The van der Waals surface area contributed by atoms with Crippen molar-refractivity contribution in [2.24, 2.45) is 0 Å². The van der Waals surface area contributed by atoms with Crippen molar-refractivity contribution >= 4 is 23.9 Å². The summed E-state index contributed by atoms with van der Waals surface area (Å²) in [7, 11) is 0. The number of fused-ring (bicyclic) bond motifs is 1. The lowest BCUT2D eigenvalue weighted by Crippen LogP contribution is -2.23. The summed E-state index contributed by atoms with van der Waals surface area (Å²) in [6, 6.07) is 19.7. The molecule has 27 heavy (non-hydrogen) atoms. The Hall–Kier alpha value is -3.67. The molecule has 0 unspecified atom stereocenters. The van der Waals surface area contributed by atoms with Gasteiger partial charge in [-0.25, -0.2) is 4.68 Å². The molecule has 4 rings (SSSR count). The van der Waals surface area contributed by atoms with Crippen molar-refractivity contribution in [3.05, 3.63) is 90.1 Å². The molecule has 0 saturated carbocycles. The van der Waals surface area contributed by atoms with Gasteiger partial charge in [-0.15, -0.1) is 5.10 Å². The fraction of sp³-hybridized carbons (Fsp3) is 0.0952. The van der Waals surface area contributed by atoms with Crippen molar-refractivity contribution in [1.82, 2.24) is 14.8 Å². The van der Waals surface area contributed by atoms with Crippen LogP contribution in [0.3, 0.4) is 0 Å². The second-order valence-electron chi connectivity index (χ2n) is 6.30. The molecule has 1 amide bonds. The summed E-state index contributed by atoms with van der Waals surface area (Å²) in [5.74, 6) is 0.551. The number of aromatic nitrogens is 3. The van der Waals surface area contributed by atoms with Crippen LogP contribution in [0.4, 0.5) is 11.9 Å². The normalized spacial score (nSPS) is 16.0. The van der Waals surface area contributed by atoms with E-state index in [1.807, 2.05) is 48.5 Å². The van der Waals surface area contributed by atoms with Gasteiger partial charge in [-0.05, 0) is 17.2 Å². The molecule has 2 heterocycles. The number of carbonyl (C=O) groups excluding carboxylic acids is 1. The zero-order chi connectivity index (χ0) is 18.6. The third kappa shape index (κ3) is 3.79. The number of hydrogen-bond acceptors (Lipinski definition) is 4. The van der Waals surface area contributed by atoms with Crippen LogP contribution < -0.4 is 10.6 Å².